The van der Waals surface area contributed by atoms with Crippen molar-refractivity contribution >= 4 is 36.6 Å². The molecule has 0 aliphatic carbocycles. The maximum absolute atomic E-state index is 13.2. The third kappa shape index (κ3) is 9.63. The van der Waals surface area contributed by atoms with Crippen LogP contribution in [0.1, 0.15) is 26.7 Å². The van der Waals surface area contributed by atoms with Crippen molar-refractivity contribution in [2.75, 3.05) is 6.54 Å². The number of nitrogens with one attached hydrogen (secondary N) is 2. The molecule has 9 heteroatoms. The van der Waals surface area contributed by atoms with Crippen molar-refractivity contribution in [3.05, 3.63) is 11.7 Å². The standard InChI is InChI=1S/C10H17F2N3O2.2ClH/c1-6(13)15-5-8(12)7(11)3-4-10(2,14)9(16)17;;/h3-5,14H2,1-2H3,(H2,13,15)(H,16,17);2*1H/b8-7-;;/t10-;;/m0../s1. The van der Waals surface area contributed by atoms with Crippen LogP contribution in [0.4, 0.5) is 8.78 Å². The summed E-state index contributed by atoms with van der Waals surface area (Å²) < 4.78 is 26.3. The summed E-state index contributed by atoms with van der Waals surface area (Å²) in [5.74, 6) is -3.34. The average molecular weight is 322 g/mol. The van der Waals surface area contributed by atoms with Crippen LogP contribution in [0, 0.1) is 5.41 Å². The zero-order valence-electron chi connectivity index (χ0n) is 10.6. The second kappa shape index (κ2) is 9.94. The Balaban J connectivity index is -0.00000128. The van der Waals surface area contributed by atoms with Gasteiger partial charge in [0.15, 0.2) is 5.83 Å². The summed E-state index contributed by atoms with van der Waals surface area (Å²) in [7, 11) is 0. The first-order chi connectivity index (χ1) is 7.66. The molecule has 0 fully saturated rings. The molecule has 0 heterocycles. The number of carbonyl (C=O) groups is 1. The Bertz CT molecular complexity index is 350. The van der Waals surface area contributed by atoms with Gasteiger partial charge in [0.1, 0.15) is 11.4 Å². The van der Waals surface area contributed by atoms with Crippen LogP contribution in [0.3, 0.4) is 0 Å². The second-order valence-corrected chi connectivity index (χ2v) is 4.01. The number of hydrogen-bond acceptors (Lipinski definition) is 3. The van der Waals surface area contributed by atoms with Gasteiger partial charge in [0, 0.05) is 6.42 Å². The lowest BCUT2D eigenvalue weighted by Gasteiger charge is -2.18. The molecular weight excluding hydrogens is 303 g/mol. The molecule has 0 saturated carbocycles. The molecule has 0 unspecified atom stereocenters. The van der Waals surface area contributed by atoms with Crippen LogP contribution in [-0.2, 0) is 4.79 Å². The molecule has 0 saturated heterocycles. The molecule has 0 aromatic heterocycles. The van der Waals surface area contributed by atoms with Gasteiger partial charge in [0.05, 0.1) is 12.4 Å². The lowest BCUT2D eigenvalue weighted by Crippen LogP contribution is -2.44. The van der Waals surface area contributed by atoms with E-state index in [1.54, 1.807) is 0 Å². The maximum atomic E-state index is 13.2. The zero-order chi connectivity index (χ0) is 13.6. The Morgan fingerprint density at radius 3 is 2.21 bits per heavy atom. The highest BCUT2D eigenvalue weighted by atomic mass is 35.5. The third-order valence-electron chi connectivity index (χ3n) is 2.16. The van der Waals surface area contributed by atoms with E-state index < -0.39 is 29.7 Å². The monoisotopic (exact) mass is 321 g/mol. The van der Waals surface area contributed by atoms with Gasteiger partial charge in [-0.2, -0.15) is 0 Å². The Hall–Kier alpha value is -0.920. The highest BCUT2D eigenvalue weighted by molar-refractivity contribution is 5.85. The number of carboxylic acids is 1. The molecule has 0 spiro atoms. The predicted octanol–water partition coefficient (Wildman–Crippen LogP) is 2.15. The molecule has 0 radical (unpaired) electrons. The summed E-state index contributed by atoms with van der Waals surface area (Å²) in [6, 6.07) is 0. The molecule has 0 rings (SSSR count). The van der Waals surface area contributed by atoms with Crippen LogP contribution in [0.25, 0.3) is 0 Å². The molecule has 0 bridgehead atoms. The number of hydrogen-bond donors (Lipinski definition) is 4. The number of aliphatic carboxylic acids is 1. The minimum atomic E-state index is -1.58. The Morgan fingerprint density at radius 1 is 1.37 bits per heavy atom. The number of rotatable bonds is 6. The number of nitrogens with two attached hydrogens (primary N) is 1. The fourth-order valence-corrected chi connectivity index (χ4v) is 0.918. The minimum absolute atomic E-state index is 0. The Morgan fingerprint density at radius 2 is 1.84 bits per heavy atom. The van der Waals surface area contributed by atoms with Crippen molar-refractivity contribution in [2.24, 2.45) is 5.73 Å². The molecule has 114 valence electrons. The van der Waals surface area contributed by atoms with Crippen molar-refractivity contribution in [1.29, 1.82) is 5.41 Å². The highest BCUT2D eigenvalue weighted by Crippen LogP contribution is 2.18. The van der Waals surface area contributed by atoms with E-state index in [0.29, 0.717) is 0 Å². The second-order valence-electron chi connectivity index (χ2n) is 4.01. The fraction of sp³-hybridized carbons (Fsp3) is 0.600. The van der Waals surface area contributed by atoms with Crippen molar-refractivity contribution in [2.45, 2.75) is 32.2 Å². The average Bonchev–Trinajstić information content (AvgIpc) is 2.22. The highest BCUT2D eigenvalue weighted by Gasteiger charge is 2.28. The van der Waals surface area contributed by atoms with Crippen molar-refractivity contribution in [3.63, 3.8) is 0 Å². The summed E-state index contributed by atoms with van der Waals surface area (Å²) in [5.41, 5.74) is 3.79. The maximum Gasteiger partial charge on any atom is 0.323 e. The van der Waals surface area contributed by atoms with Gasteiger partial charge in [0.2, 0.25) is 0 Å². The van der Waals surface area contributed by atoms with E-state index in [4.69, 9.17) is 16.2 Å². The van der Waals surface area contributed by atoms with Crippen LogP contribution < -0.4 is 11.1 Å². The number of allylic oxidation sites excluding steroid dienone is 1. The summed E-state index contributed by atoms with van der Waals surface area (Å²) >= 11 is 0. The lowest BCUT2D eigenvalue weighted by molar-refractivity contribution is -0.142. The van der Waals surface area contributed by atoms with E-state index in [0.717, 1.165) is 0 Å². The van der Waals surface area contributed by atoms with Crippen molar-refractivity contribution in [1.82, 2.24) is 5.32 Å². The largest absolute Gasteiger partial charge is 0.480 e. The normalized spacial score (nSPS) is 14.2. The molecule has 0 amide bonds. The predicted molar refractivity (Wildman–Crippen MR) is 74.6 cm³/mol. The summed E-state index contributed by atoms with van der Waals surface area (Å²) in [4.78, 5) is 10.6. The molecule has 0 aliphatic rings. The smallest absolute Gasteiger partial charge is 0.323 e. The molecule has 5 nitrogen and oxygen atoms in total. The van der Waals surface area contributed by atoms with Gasteiger partial charge in [-0.05, 0) is 20.3 Å². The van der Waals surface area contributed by atoms with Gasteiger partial charge in [-0.15, -0.1) is 24.8 Å². The molecule has 0 aliphatic heterocycles. The van der Waals surface area contributed by atoms with Gasteiger partial charge < -0.3 is 16.2 Å². The van der Waals surface area contributed by atoms with Gasteiger partial charge in [-0.25, -0.2) is 8.78 Å². The number of halogens is 4. The molecule has 0 aromatic rings. The summed E-state index contributed by atoms with van der Waals surface area (Å²) in [6.07, 6.45) is -0.588. The quantitative estimate of drug-likeness (QED) is 0.445. The first-order valence-electron chi connectivity index (χ1n) is 5.01. The van der Waals surface area contributed by atoms with Gasteiger partial charge in [-0.3, -0.25) is 10.2 Å². The zero-order valence-corrected chi connectivity index (χ0v) is 12.3. The van der Waals surface area contributed by atoms with Crippen LogP contribution in [-0.4, -0.2) is 29.0 Å². The van der Waals surface area contributed by atoms with E-state index in [1.807, 2.05) is 0 Å². The van der Waals surface area contributed by atoms with E-state index in [1.165, 1.54) is 13.8 Å². The van der Waals surface area contributed by atoms with Crippen LogP contribution >= 0.6 is 24.8 Å². The molecule has 19 heavy (non-hydrogen) atoms. The van der Waals surface area contributed by atoms with Crippen LogP contribution in [0.5, 0.6) is 0 Å². The molecule has 1 atom stereocenters. The van der Waals surface area contributed by atoms with Crippen LogP contribution in [0.2, 0.25) is 0 Å². The van der Waals surface area contributed by atoms with Gasteiger partial charge in [-0.1, -0.05) is 0 Å². The number of amidine groups is 1. The van der Waals surface area contributed by atoms with E-state index in [2.05, 4.69) is 5.32 Å². The number of carboxylic acid groups (broad SMARTS) is 1. The van der Waals surface area contributed by atoms with E-state index in [9.17, 15) is 13.6 Å². The van der Waals surface area contributed by atoms with Gasteiger partial charge >= 0.3 is 5.97 Å². The Labute approximate surface area is 123 Å². The first kappa shape index (κ1) is 23.2. The minimum Gasteiger partial charge on any atom is -0.480 e. The van der Waals surface area contributed by atoms with E-state index >= 15 is 0 Å². The van der Waals surface area contributed by atoms with Crippen LogP contribution in [0.15, 0.2) is 11.7 Å². The first-order valence-corrected chi connectivity index (χ1v) is 5.01. The molecule has 5 N–H and O–H groups in total. The Kier molecular flexibility index (Phi) is 12.1. The van der Waals surface area contributed by atoms with Crippen molar-refractivity contribution < 1.29 is 18.7 Å². The summed E-state index contributed by atoms with van der Waals surface area (Å²) in [5, 5.41) is 17.9. The molecule has 0 aromatic carbocycles. The third-order valence-corrected chi connectivity index (χ3v) is 2.16. The fourth-order valence-electron chi connectivity index (χ4n) is 0.918. The SMILES string of the molecule is CC(=N)NC/C(F)=C(/F)CC[C@](C)(N)C(=O)O.Cl.Cl. The lowest BCUT2D eigenvalue weighted by atomic mass is 9.97. The molecular formula is C10H19Cl2F2N3O2. The topological polar surface area (TPSA) is 99.2 Å². The van der Waals surface area contributed by atoms with Gasteiger partial charge in [0.25, 0.3) is 0 Å². The summed E-state index contributed by atoms with van der Waals surface area (Å²) in [6.45, 7) is 2.21. The van der Waals surface area contributed by atoms with Crippen molar-refractivity contribution in [3.8, 4) is 0 Å². The van der Waals surface area contributed by atoms with E-state index in [-0.39, 0.29) is 43.5 Å².